The molecule has 0 N–H and O–H groups in total. The average Bonchev–Trinajstić information content (AvgIpc) is 2.87. The van der Waals surface area contributed by atoms with Gasteiger partial charge in [-0.25, -0.2) is 0 Å². The molecule has 0 aliphatic carbocycles. The van der Waals surface area contributed by atoms with Crippen molar-refractivity contribution in [3.63, 3.8) is 0 Å². The molecule has 3 heterocycles. The number of rotatable bonds is 1. The second-order valence-electron chi connectivity index (χ2n) is 6.32. The molecular weight excluding hydrogens is 383 g/mol. The molecule has 0 radical (unpaired) electrons. The van der Waals surface area contributed by atoms with E-state index in [0.29, 0.717) is 6.61 Å². The fourth-order valence-corrected chi connectivity index (χ4v) is 10.9. The number of hydrogen-bond acceptors (Lipinski definition) is 1. The Morgan fingerprint density at radius 3 is 1.92 bits per heavy atom. The van der Waals surface area contributed by atoms with E-state index in [9.17, 15) is 0 Å². The molecule has 0 saturated carbocycles. The molecular formula is C21H17ClOSe. The third-order valence-corrected chi connectivity index (χ3v) is 12.3. The summed E-state index contributed by atoms with van der Waals surface area (Å²) in [5.74, 6) is 0. The summed E-state index contributed by atoms with van der Waals surface area (Å²) in [6.45, 7) is 0.696. The first-order valence-corrected chi connectivity index (χ1v) is 12.9. The van der Waals surface area contributed by atoms with Crippen LogP contribution >= 0.6 is 10.1 Å². The molecule has 0 spiro atoms. The molecule has 0 saturated heterocycles. The van der Waals surface area contributed by atoms with E-state index in [0.717, 1.165) is 6.42 Å². The van der Waals surface area contributed by atoms with E-state index in [1.54, 1.807) is 0 Å². The van der Waals surface area contributed by atoms with Crippen molar-refractivity contribution >= 4 is 31.3 Å². The van der Waals surface area contributed by atoms with Crippen LogP contribution in [0.5, 0.6) is 0 Å². The van der Waals surface area contributed by atoms with Gasteiger partial charge >= 0.3 is 149 Å². The van der Waals surface area contributed by atoms with Gasteiger partial charge in [0.15, 0.2) is 0 Å². The Morgan fingerprint density at radius 2 is 1.29 bits per heavy atom. The van der Waals surface area contributed by atoms with Crippen LogP contribution in [0, 0.1) is 0 Å². The molecule has 0 amide bonds. The summed E-state index contributed by atoms with van der Waals surface area (Å²) in [4.78, 5) is 0. The molecule has 3 aliphatic heterocycles. The summed E-state index contributed by atoms with van der Waals surface area (Å²) in [5, 5.41) is 0. The van der Waals surface area contributed by atoms with Crippen LogP contribution in [0.15, 0.2) is 78.9 Å². The molecule has 3 aromatic carbocycles. The summed E-state index contributed by atoms with van der Waals surface area (Å²) in [7, 11) is 7.25. The second-order valence-corrected chi connectivity index (χ2v) is 13.0. The van der Waals surface area contributed by atoms with Crippen molar-refractivity contribution in [3.05, 3.63) is 95.6 Å². The van der Waals surface area contributed by atoms with Gasteiger partial charge in [-0.2, -0.15) is 0 Å². The first-order valence-electron chi connectivity index (χ1n) is 8.19. The Kier molecular flexibility index (Phi) is 3.20. The van der Waals surface area contributed by atoms with Crippen molar-refractivity contribution in [2.45, 2.75) is 11.8 Å². The van der Waals surface area contributed by atoms with Gasteiger partial charge in [-0.05, 0) is 0 Å². The van der Waals surface area contributed by atoms with Gasteiger partial charge in [0, 0.05) is 0 Å². The number of hydrogen-bond donors (Lipinski definition) is 0. The van der Waals surface area contributed by atoms with Gasteiger partial charge in [0.1, 0.15) is 0 Å². The van der Waals surface area contributed by atoms with Crippen LogP contribution in [0.25, 0.3) is 0 Å². The molecule has 0 fully saturated rings. The average molecular weight is 400 g/mol. The van der Waals surface area contributed by atoms with Gasteiger partial charge < -0.3 is 0 Å². The van der Waals surface area contributed by atoms with Crippen molar-refractivity contribution < 1.29 is 3.82 Å². The van der Waals surface area contributed by atoms with Crippen molar-refractivity contribution in [2.24, 2.45) is 0 Å². The maximum absolute atomic E-state index is 7.25. The van der Waals surface area contributed by atoms with Crippen molar-refractivity contribution in [1.82, 2.24) is 0 Å². The van der Waals surface area contributed by atoms with Gasteiger partial charge in [0.05, 0.1) is 0 Å². The minimum atomic E-state index is -2.86. The Hall–Kier alpha value is -1.57. The second kappa shape index (κ2) is 5.21. The van der Waals surface area contributed by atoms with E-state index in [4.69, 9.17) is 13.9 Å². The van der Waals surface area contributed by atoms with Crippen LogP contribution in [0.2, 0.25) is 0 Å². The van der Waals surface area contributed by atoms with Crippen LogP contribution in [0.1, 0.15) is 23.1 Å². The summed E-state index contributed by atoms with van der Waals surface area (Å²) in [6.07, 6.45) is 0.927. The summed E-state index contributed by atoms with van der Waals surface area (Å²) >= 11 is -2.86. The van der Waals surface area contributed by atoms with E-state index in [2.05, 4.69) is 78.9 Å². The Labute approximate surface area is 149 Å². The van der Waals surface area contributed by atoms with Crippen LogP contribution in [-0.4, -0.2) is 18.9 Å². The van der Waals surface area contributed by atoms with Crippen LogP contribution in [0.3, 0.4) is 0 Å². The third-order valence-electron chi connectivity index (χ3n) is 5.25. The predicted octanol–water partition coefficient (Wildman–Crippen LogP) is 3.55. The molecule has 0 atom stereocenters. The van der Waals surface area contributed by atoms with E-state index < -0.39 is 12.3 Å². The van der Waals surface area contributed by atoms with Gasteiger partial charge in [0.25, 0.3) is 0 Å². The zero-order valence-corrected chi connectivity index (χ0v) is 15.6. The summed E-state index contributed by atoms with van der Waals surface area (Å²) < 4.78 is 8.87. The zero-order chi connectivity index (χ0) is 16.2. The molecule has 1 nitrogen and oxygen atoms in total. The molecule has 6 rings (SSSR count). The molecule has 120 valence electrons. The molecule has 24 heavy (non-hydrogen) atoms. The van der Waals surface area contributed by atoms with Crippen LogP contribution in [0.4, 0.5) is 0 Å². The standard InChI is InChI=1S/C21H17ClOSe/c22-24-19-12-6-4-10-17(19)21(14-15-23-24,16-8-2-1-3-9-16)18-11-5-7-13-20(18)24/h1-13H,14-15H2. The molecule has 2 bridgehead atoms. The molecule has 0 aromatic heterocycles. The first kappa shape index (κ1) is 14.7. The quantitative estimate of drug-likeness (QED) is 0.569. The minimum absolute atomic E-state index is 0.166. The van der Waals surface area contributed by atoms with Gasteiger partial charge in [-0.1, -0.05) is 0 Å². The van der Waals surface area contributed by atoms with Crippen molar-refractivity contribution in [3.8, 4) is 0 Å². The Morgan fingerprint density at radius 1 is 0.750 bits per heavy atom. The Balaban J connectivity index is 1.96. The van der Waals surface area contributed by atoms with E-state index in [1.807, 2.05) is 0 Å². The van der Waals surface area contributed by atoms with Crippen LogP contribution < -0.4 is 8.92 Å². The van der Waals surface area contributed by atoms with Crippen molar-refractivity contribution in [2.75, 3.05) is 6.61 Å². The number of benzene rings is 3. The summed E-state index contributed by atoms with van der Waals surface area (Å²) in [6, 6.07) is 28.1. The van der Waals surface area contributed by atoms with E-state index in [-0.39, 0.29) is 5.41 Å². The number of fused-ring (bicyclic) bond motifs is 2. The maximum atomic E-state index is 7.25. The SMILES string of the molecule is Cl[Se]12OCCC(c3ccccc3)(c3ccccc31)c1ccccc12. The molecule has 3 aromatic rings. The zero-order valence-electron chi connectivity index (χ0n) is 13.1. The normalized spacial score (nSPS) is 29.9. The number of halogens is 1. The topological polar surface area (TPSA) is 9.23 Å². The summed E-state index contributed by atoms with van der Waals surface area (Å²) in [5.41, 5.74) is 3.83. The first-order chi connectivity index (χ1) is 11.8. The van der Waals surface area contributed by atoms with Gasteiger partial charge in [0.2, 0.25) is 0 Å². The Bertz CT molecular complexity index is 874. The molecule has 3 heteroatoms. The third kappa shape index (κ3) is 1.75. The molecule has 3 aliphatic rings. The fourth-order valence-electron chi connectivity index (χ4n) is 4.24. The van der Waals surface area contributed by atoms with Gasteiger partial charge in [-0.3, -0.25) is 0 Å². The fraction of sp³-hybridized carbons (Fsp3) is 0.143. The predicted molar refractivity (Wildman–Crippen MR) is 101 cm³/mol. The molecule has 0 unspecified atom stereocenters. The van der Waals surface area contributed by atoms with E-state index >= 15 is 0 Å². The van der Waals surface area contributed by atoms with E-state index in [1.165, 1.54) is 25.6 Å². The van der Waals surface area contributed by atoms with Crippen molar-refractivity contribution in [1.29, 1.82) is 0 Å². The van der Waals surface area contributed by atoms with Crippen LogP contribution in [-0.2, 0) is 9.23 Å². The monoisotopic (exact) mass is 400 g/mol. The van der Waals surface area contributed by atoms with Gasteiger partial charge in [-0.15, -0.1) is 0 Å².